The number of aryl methyl sites for hydroxylation is 1. The van der Waals surface area contributed by atoms with E-state index < -0.39 is 0 Å². The Labute approximate surface area is 205 Å². The molecule has 0 radical (unpaired) electrons. The molecule has 3 aliphatic rings. The highest BCUT2D eigenvalue weighted by Gasteiger charge is 2.29. The lowest BCUT2D eigenvalue weighted by molar-refractivity contribution is -0.0265. The largest absolute Gasteiger partial charge is 0.373 e. The van der Waals surface area contributed by atoms with Crippen molar-refractivity contribution in [1.82, 2.24) is 15.5 Å². The molecule has 1 aromatic carbocycles. The minimum absolute atomic E-state index is 0. The predicted molar refractivity (Wildman–Crippen MR) is 139 cm³/mol. The minimum Gasteiger partial charge on any atom is -0.373 e. The SMILES string of the molecule is CN=C(NCC1CCCOC1c1ccc(C)cc1)NC1CCN(C2CCCC2)CC1.I. The topological polar surface area (TPSA) is 48.9 Å². The van der Waals surface area contributed by atoms with Crippen molar-refractivity contribution in [2.24, 2.45) is 10.9 Å². The van der Waals surface area contributed by atoms with Gasteiger partial charge in [0.1, 0.15) is 0 Å². The number of aliphatic imine (C=N–C) groups is 1. The lowest BCUT2D eigenvalue weighted by atomic mass is 9.89. The van der Waals surface area contributed by atoms with Crippen LogP contribution in [0.1, 0.15) is 68.6 Å². The number of halogens is 1. The summed E-state index contributed by atoms with van der Waals surface area (Å²) in [5, 5.41) is 7.30. The molecule has 2 atom stereocenters. The maximum Gasteiger partial charge on any atom is 0.191 e. The zero-order valence-electron chi connectivity index (χ0n) is 19.3. The van der Waals surface area contributed by atoms with Crippen molar-refractivity contribution in [2.75, 3.05) is 33.3 Å². The summed E-state index contributed by atoms with van der Waals surface area (Å²) in [4.78, 5) is 7.24. The second kappa shape index (κ2) is 12.4. The number of ether oxygens (including phenoxy) is 1. The first-order valence-electron chi connectivity index (χ1n) is 12.1. The maximum atomic E-state index is 6.19. The van der Waals surface area contributed by atoms with Gasteiger partial charge in [-0.3, -0.25) is 4.99 Å². The van der Waals surface area contributed by atoms with Crippen LogP contribution in [-0.4, -0.2) is 56.2 Å². The molecule has 0 aromatic heterocycles. The van der Waals surface area contributed by atoms with Crippen LogP contribution in [0.2, 0.25) is 0 Å². The number of likely N-dealkylation sites (tertiary alicyclic amines) is 1. The van der Waals surface area contributed by atoms with Crippen molar-refractivity contribution >= 4 is 29.9 Å². The van der Waals surface area contributed by atoms with Crippen LogP contribution in [0.15, 0.2) is 29.3 Å². The number of nitrogens with zero attached hydrogens (tertiary/aromatic N) is 2. The fourth-order valence-electron chi connectivity index (χ4n) is 5.47. The Morgan fingerprint density at radius 1 is 1.03 bits per heavy atom. The van der Waals surface area contributed by atoms with E-state index in [2.05, 4.69) is 51.7 Å². The lowest BCUT2D eigenvalue weighted by Gasteiger charge is -2.37. The number of piperidine rings is 1. The van der Waals surface area contributed by atoms with E-state index in [1.165, 1.54) is 69.2 Å². The highest BCUT2D eigenvalue weighted by molar-refractivity contribution is 14.0. The second-order valence-corrected chi connectivity index (χ2v) is 9.45. The number of nitrogens with one attached hydrogen (secondary N) is 2. The van der Waals surface area contributed by atoms with E-state index in [9.17, 15) is 0 Å². The van der Waals surface area contributed by atoms with Gasteiger partial charge in [0, 0.05) is 51.3 Å². The Morgan fingerprint density at radius 3 is 2.42 bits per heavy atom. The van der Waals surface area contributed by atoms with Gasteiger partial charge in [0.25, 0.3) is 0 Å². The Bertz CT molecular complexity index is 681. The number of hydrogen-bond donors (Lipinski definition) is 2. The van der Waals surface area contributed by atoms with Gasteiger partial charge in [0.15, 0.2) is 5.96 Å². The molecule has 1 saturated carbocycles. The number of benzene rings is 1. The van der Waals surface area contributed by atoms with E-state index >= 15 is 0 Å². The standard InChI is InChI=1S/C25H40N4O.HI/c1-19-9-11-20(12-10-19)24-21(6-5-17-30-24)18-27-25(26-2)28-22-13-15-29(16-14-22)23-7-3-4-8-23;/h9-12,21-24H,3-8,13-18H2,1-2H3,(H2,26,27,28);1H. The zero-order valence-corrected chi connectivity index (χ0v) is 21.6. The van der Waals surface area contributed by atoms with Gasteiger partial charge in [0.2, 0.25) is 0 Å². The molecule has 6 heteroatoms. The van der Waals surface area contributed by atoms with E-state index in [1.54, 1.807) is 0 Å². The van der Waals surface area contributed by atoms with Gasteiger partial charge in [-0.15, -0.1) is 24.0 Å². The van der Waals surface area contributed by atoms with Crippen LogP contribution in [0.4, 0.5) is 0 Å². The van der Waals surface area contributed by atoms with E-state index in [0.717, 1.165) is 31.6 Å². The van der Waals surface area contributed by atoms with Gasteiger partial charge in [-0.05, 0) is 51.0 Å². The quantitative estimate of drug-likeness (QED) is 0.324. The maximum absolute atomic E-state index is 6.19. The fraction of sp³-hybridized carbons (Fsp3) is 0.720. The molecule has 0 amide bonds. The molecule has 2 aliphatic heterocycles. The van der Waals surface area contributed by atoms with Crippen molar-refractivity contribution in [2.45, 2.75) is 76.5 Å². The minimum atomic E-state index is 0. The average molecular weight is 541 g/mol. The molecule has 1 aromatic rings. The normalized spacial score (nSPS) is 26.5. The molecule has 2 N–H and O–H groups in total. The van der Waals surface area contributed by atoms with E-state index in [-0.39, 0.29) is 30.1 Å². The van der Waals surface area contributed by atoms with Crippen LogP contribution in [0, 0.1) is 12.8 Å². The first kappa shape index (κ1) is 24.8. The number of hydrogen-bond acceptors (Lipinski definition) is 3. The molecule has 1 aliphatic carbocycles. The van der Waals surface area contributed by atoms with Gasteiger partial charge in [-0.1, -0.05) is 42.7 Å². The van der Waals surface area contributed by atoms with E-state index in [1.807, 2.05) is 7.05 Å². The molecular weight excluding hydrogens is 499 g/mol. The van der Waals surface area contributed by atoms with Crippen LogP contribution in [0.25, 0.3) is 0 Å². The summed E-state index contributed by atoms with van der Waals surface area (Å²) in [6.07, 6.45) is 10.6. The summed E-state index contributed by atoms with van der Waals surface area (Å²) in [7, 11) is 1.89. The Morgan fingerprint density at radius 2 is 1.74 bits per heavy atom. The summed E-state index contributed by atoms with van der Waals surface area (Å²) in [6, 6.07) is 10.2. The van der Waals surface area contributed by atoms with Crippen molar-refractivity contribution in [3.05, 3.63) is 35.4 Å². The molecule has 2 unspecified atom stereocenters. The molecular formula is C25H41IN4O. The van der Waals surface area contributed by atoms with Gasteiger partial charge in [-0.2, -0.15) is 0 Å². The summed E-state index contributed by atoms with van der Waals surface area (Å²) in [5.41, 5.74) is 2.60. The van der Waals surface area contributed by atoms with Crippen molar-refractivity contribution in [3.63, 3.8) is 0 Å². The third-order valence-corrected chi connectivity index (χ3v) is 7.32. The molecule has 3 fully saturated rings. The summed E-state index contributed by atoms with van der Waals surface area (Å²) in [6.45, 7) is 6.36. The van der Waals surface area contributed by atoms with Crippen LogP contribution in [0.5, 0.6) is 0 Å². The Kier molecular flexibility index (Phi) is 9.91. The van der Waals surface area contributed by atoms with Crippen LogP contribution in [-0.2, 0) is 4.74 Å². The number of guanidine groups is 1. The molecule has 2 saturated heterocycles. The van der Waals surface area contributed by atoms with Gasteiger partial charge >= 0.3 is 0 Å². The number of rotatable bonds is 5. The smallest absolute Gasteiger partial charge is 0.191 e. The summed E-state index contributed by atoms with van der Waals surface area (Å²) < 4.78 is 6.19. The van der Waals surface area contributed by atoms with Crippen LogP contribution < -0.4 is 10.6 Å². The molecule has 2 heterocycles. The third-order valence-electron chi connectivity index (χ3n) is 7.32. The van der Waals surface area contributed by atoms with Gasteiger partial charge in [0.05, 0.1) is 6.10 Å². The van der Waals surface area contributed by atoms with Crippen molar-refractivity contribution < 1.29 is 4.74 Å². The van der Waals surface area contributed by atoms with Crippen molar-refractivity contribution in [1.29, 1.82) is 0 Å². The molecule has 4 rings (SSSR count). The Balaban J connectivity index is 0.00000272. The zero-order chi connectivity index (χ0) is 20.8. The molecule has 0 spiro atoms. The fourth-order valence-corrected chi connectivity index (χ4v) is 5.47. The molecule has 174 valence electrons. The van der Waals surface area contributed by atoms with Crippen LogP contribution in [0.3, 0.4) is 0 Å². The van der Waals surface area contributed by atoms with Crippen LogP contribution >= 0.6 is 24.0 Å². The summed E-state index contributed by atoms with van der Waals surface area (Å²) >= 11 is 0. The summed E-state index contributed by atoms with van der Waals surface area (Å²) in [5.74, 6) is 1.42. The average Bonchev–Trinajstić information content (AvgIpc) is 3.33. The van der Waals surface area contributed by atoms with Gasteiger partial charge < -0.3 is 20.3 Å². The van der Waals surface area contributed by atoms with Crippen molar-refractivity contribution in [3.8, 4) is 0 Å². The van der Waals surface area contributed by atoms with Gasteiger partial charge in [-0.25, -0.2) is 0 Å². The lowest BCUT2D eigenvalue weighted by Crippen LogP contribution is -2.51. The first-order chi connectivity index (χ1) is 14.7. The molecule has 5 nitrogen and oxygen atoms in total. The molecule has 31 heavy (non-hydrogen) atoms. The Hall–Kier alpha value is -0.860. The highest BCUT2D eigenvalue weighted by atomic mass is 127. The predicted octanol–water partition coefficient (Wildman–Crippen LogP) is 4.65. The highest BCUT2D eigenvalue weighted by Crippen LogP contribution is 2.33. The third kappa shape index (κ3) is 6.81. The van der Waals surface area contributed by atoms with E-state index in [4.69, 9.17) is 4.74 Å². The molecule has 0 bridgehead atoms. The monoisotopic (exact) mass is 540 g/mol. The van der Waals surface area contributed by atoms with E-state index in [0.29, 0.717) is 12.0 Å². The second-order valence-electron chi connectivity index (χ2n) is 9.45. The first-order valence-corrected chi connectivity index (χ1v) is 12.1.